The second-order valence-electron chi connectivity index (χ2n) is 5.21. The highest BCUT2D eigenvalue weighted by Crippen LogP contribution is 2.35. The summed E-state index contributed by atoms with van der Waals surface area (Å²) in [5.74, 6) is 0.991. The molecule has 0 saturated heterocycles. The molecule has 1 aromatic carbocycles. The first-order valence-corrected chi connectivity index (χ1v) is 6.23. The number of halogens is 1. The molecule has 1 aliphatic rings. The van der Waals surface area contributed by atoms with Gasteiger partial charge in [-0.05, 0) is 51.9 Å². The van der Waals surface area contributed by atoms with Crippen molar-refractivity contribution in [2.45, 2.75) is 45.1 Å². The summed E-state index contributed by atoms with van der Waals surface area (Å²) in [5, 5.41) is 0. The van der Waals surface area contributed by atoms with Gasteiger partial charge in [-0.1, -0.05) is 26.8 Å². The largest absolute Gasteiger partial charge is 0.489 e. The monoisotopic (exact) mass is 268 g/mol. The van der Waals surface area contributed by atoms with Crippen molar-refractivity contribution in [3.63, 3.8) is 0 Å². The fraction of sp³-hybridized carbons (Fsp3) is 0.538. The maximum Gasteiger partial charge on any atom is 0.134 e. The van der Waals surface area contributed by atoms with Gasteiger partial charge in [-0.3, -0.25) is 0 Å². The van der Waals surface area contributed by atoms with Gasteiger partial charge in [-0.2, -0.15) is 0 Å². The first-order valence-electron chi connectivity index (χ1n) is 5.43. The molecule has 0 bridgehead atoms. The zero-order valence-corrected chi connectivity index (χ0v) is 11.1. The van der Waals surface area contributed by atoms with E-state index in [1.165, 1.54) is 18.4 Å². The van der Waals surface area contributed by atoms with Crippen LogP contribution in [0, 0.1) is 0 Å². The zero-order chi connectivity index (χ0) is 11.1. The average Bonchev–Trinajstić information content (AvgIpc) is 2.90. The standard InChI is InChI=1S/C13H17BrO/c1-13(2,3)9-4-7-11(14)12(8-9)15-10-5-6-10/h4,7-8,10H,5-6H2,1-3H3. The quantitative estimate of drug-likeness (QED) is 0.778. The van der Waals surface area contributed by atoms with Crippen LogP contribution in [0.15, 0.2) is 22.7 Å². The Morgan fingerprint density at radius 2 is 1.93 bits per heavy atom. The van der Waals surface area contributed by atoms with Crippen molar-refractivity contribution in [3.05, 3.63) is 28.2 Å². The van der Waals surface area contributed by atoms with E-state index in [4.69, 9.17) is 4.74 Å². The van der Waals surface area contributed by atoms with Gasteiger partial charge < -0.3 is 4.74 Å². The van der Waals surface area contributed by atoms with E-state index in [0.29, 0.717) is 6.10 Å². The molecule has 1 nitrogen and oxygen atoms in total. The topological polar surface area (TPSA) is 9.23 Å². The highest BCUT2D eigenvalue weighted by atomic mass is 79.9. The number of rotatable bonds is 2. The number of hydrogen-bond donors (Lipinski definition) is 0. The number of ether oxygens (including phenoxy) is 1. The van der Waals surface area contributed by atoms with Crippen LogP contribution in [0.1, 0.15) is 39.2 Å². The summed E-state index contributed by atoms with van der Waals surface area (Å²) in [5.41, 5.74) is 1.50. The van der Waals surface area contributed by atoms with Crippen LogP contribution in [0.3, 0.4) is 0 Å². The van der Waals surface area contributed by atoms with Crippen molar-refractivity contribution in [1.82, 2.24) is 0 Å². The smallest absolute Gasteiger partial charge is 0.134 e. The third-order valence-corrected chi connectivity index (χ3v) is 3.27. The van der Waals surface area contributed by atoms with E-state index in [-0.39, 0.29) is 5.41 Å². The van der Waals surface area contributed by atoms with Crippen molar-refractivity contribution in [2.75, 3.05) is 0 Å². The highest BCUT2D eigenvalue weighted by Gasteiger charge is 2.25. The Morgan fingerprint density at radius 1 is 1.27 bits per heavy atom. The summed E-state index contributed by atoms with van der Waals surface area (Å²) < 4.78 is 6.90. The van der Waals surface area contributed by atoms with E-state index in [1.54, 1.807) is 0 Å². The van der Waals surface area contributed by atoms with Crippen LogP contribution >= 0.6 is 15.9 Å². The van der Waals surface area contributed by atoms with E-state index >= 15 is 0 Å². The van der Waals surface area contributed by atoms with Crippen molar-refractivity contribution >= 4 is 15.9 Å². The van der Waals surface area contributed by atoms with Gasteiger partial charge in [0, 0.05) is 0 Å². The summed E-state index contributed by atoms with van der Waals surface area (Å²) in [6.45, 7) is 6.66. The van der Waals surface area contributed by atoms with Crippen molar-refractivity contribution in [3.8, 4) is 5.75 Å². The molecule has 0 aliphatic heterocycles. The molecular weight excluding hydrogens is 252 g/mol. The minimum Gasteiger partial charge on any atom is -0.489 e. The third-order valence-electron chi connectivity index (χ3n) is 2.62. The fourth-order valence-corrected chi connectivity index (χ4v) is 1.77. The van der Waals surface area contributed by atoms with Crippen molar-refractivity contribution in [2.24, 2.45) is 0 Å². The second-order valence-corrected chi connectivity index (χ2v) is 6.07. The maximum absolute atomic E-state index is 5.85. The molecule has 0 spiro atoms. The van der Waals surface area contributed by atoms with Gasteiger partial charge in [0.2, 0.25) is 0 Å². The first-order chi connectivity index (χ1) is 6.97. The molecule has 1 fully saturated rings. The summed E-state index contributed by atoms with van der Waals surface area (Å²) in [6, 6.07) is 6.39. The first kappa shape index (κ1) is 11.0. The maximum atomic E-state index is 5.85. The lowest BCUT2D eigenvalue weighted by atomic mass is 9.87. The van der Waals surface area contributed by atoms with Crippen LogP contribution in [0.5, 0.6) is 5.75 Å². The molecule has 1 aliphatic carbocycles. The van der Waals surface area contributed by atoms with Crippen LogP contribution in [0.2, 0.25) is 0 Å². The Kier molecular flexibility index (Phi) is 2.80. The number of hydrogen-bond acceptors (Lipinski definition) is 1. The fourth-order valence-electron chi connectivity index (χ4n) is 1.43. The molecule has 15 heavy (non-hydrogen) atoms. The van der Waals surface area contributed by atoms with Crippen LogP contribution in [-0.4, -0.2) is 6.10 Å². The van der Waals surface area contributed by atoms with Crippen LogP contribution in [0.25, 0.3) is 0 Å². The minimum absolute atomic E-state index is 0.183. The Hall–Kier alpha value is -0.500. The molecular formula is C13H17BrO. The Morgan fingerprint density at radius 3 is 2.47 bits per heavy atom. The summed E-state index contributed by atoms with van der Waals surface area (Å²) >= 11 is 3.53. The Balaban J connectivity index is 2.27. The van der Waals surface area contributed by atoms with Gasteiger partial charge in [-0.15, -0.1) is 0 Å². The normalized spacial score (nSPS) is 16.5. The van der Waals surface area contributed by atoms with Crippen LogP contribution in [-0.2, 0) is 5.41 Å². The molecule has 1 aromatic rings. The predicted molar refractivity (Wildman–Crippen MR) is 66.5 cm³/mol. The van der Waals surface area contributed by atoms with Gasteiger partial charge in [0.15, 0.2) is 0 Å². The van der Waals surface area contributed by atoms with Crippen molar-refractivity contribution in [1.29, 1.82) is 0 Å². The zero-order valence-electron chi connectivity index (χ0n) is 9.51. The molecule has 0 amide bonds. The molecule has 82 valence electrons. The lowest BCUT2D eigenvalue weighted by molar-refractivity contribution is 0.300. The van der Waals surface area contributed by atoms with E-state index in [1.807, 2.05) is 0 Å². The van der Waals surface area contributed by atoms with Gasteiger partial charge in [0.25, 0.3) is 0 Å². The molecule has 0 atom stereocenters. The SMILES string of the molecule is CC(C)(C)c1ccc(Br)c(OC2CC2)c1. The van der Waals surface area contributed by atoms with Gasteiger partial charge in [-0.25, -0.2) is 0 Å². The molecule has 2 rings (SSSR count). The molecule has 0 N–H and O–H groups in total. The average molecular weight is 269 g/mol. The van der Waals surface area contributed by atoms with Crippen LogP contribution < -0.4 is 4.74 Å². The van der Waals surface area contributed by atoms with E-state index in [2.05, 4.69) is 54.9 Å². The Bertz CT molecular complexity index is 361. The molecule has 2 heteroatoms. The molecule has 1 saturated carbocycles. The molecule has 0 unspecified atom stereocenters. The Labute approximate surface area is 100.0 Å². The van der Waals surface area contributed by atoms with E-state index in [0.717, 1.165) is 10.2 Å². The third kappa shape index (κ3) is 2.75. The summed E-state index contributed by atoms with van der Waals surface area (Å²) in [4.78, 5) is 0. The second kappa shape index (κ2) is 3.82. The summed E-state index contributed by atoms with van der Waals surface area (Å²) in [7, 11) is 0. The molecule has 0 heterocycles. The molecule has 0 radical (unpaired) electrons. The minimum atomic E-state index is 0.183. The number of benzene rings is 1. The van der Waals surface area contributed by atoms with Gasteiger partial charge in [0.05, 0.1) is 10.6 Å². The molecule has 0 aromatic heterocycles. The van der Waals surface area contributed by atoms with Gasteiger partial charge >= 0.3 is 0 Å². The van der Waals surface area contributed by atoms with Crippen molar-refractivity contribution < 1.29 is 4.74 Å². The van der Waals surface area contributed by atoms with Crippen LogP contribution in [0.4, 0.5) is 0 Å². The van der Waals surface area contributed by atoms with E-state index in [9.17, 15) is 0 Å². The lowest BCUT2D eigenvalue weighted by Gasteiger charge is -2.20. The predicted octanol–water partition coefficient (Wildman–Crippen LogP) is 4.29. The summed E-state index contributed by atoms with van der Waals surface area (Å²) in [6.07, 6.45) is 2.86. The lowest BCUT2D eigenvalue weighted by Crippen LogP contribution is -2.11. The van der Waals surface area contributed by atoms with E-state index < -0.39 is 0 Å². The van der Waals surface area contributed by atoms with Gasteiger partial charge in [0.1, 0.15) is 5.75 Å². The highest BCUT2D eigenvalue weighted by molar-refractivity contribution is 9.10.